The van der Waals surface area contributed by atoms with Crippen LogP contribution in [-0.2, 0) is 9.53 Å². The number of aromatic nitrogens is 3. The monoisotopic (exact) mass is 643 g/mol. The van der Waals surface area contributed by atoms with Crippen molar-refractivity contribution in [2.75, 3.05) is 49.8 Å². The van der Waals surface area contributed by atoms with Gasteiger partial charge in [0.25, 0.3) is 5.91 Å². The smallest absolute Gasteiger partial charge is 0.306 e. The van der Waals surface area contributed by atoms with Crippen molar-refractivity contribution in [2.45, 2.75) is 72.6 Å². The Morgan fingerprint density at radius 2 is 1.81 bits per heavy atom. The summed E-state index contributed by atoms with van der Waals surface area (Å²) in [5.41, 5.74) is 3.14. The van der Waals surface area contributed by atoms with Gasteiger partial charge in [0.2, 0.25) is 11.8 Å². The number of amides is 1. The fraction of sp³-hybridized carbons (Fsp3) is 0.541. The number of esters is 1. The number of nitrogens with zero attached hydrogens (tertiary/aromatic N) is 5. The molecule has 10 nitrogen and oxygen atoms in total. The maximum Gasteiger partial charge on any atom is 0.306 e. The fourth-order valence-electron chi connectivity index (χ4n) is 6.25. The van der Waals surface area contributed by atoms with E-state index in [1.165, 1.54) is 0 Å². The van der Waals surface area contributed by atoms with Gasteiger partial charge in [-0.3, -0.25) is 14.5 Å². The second-order valence-electron chi connectivity index (χ2n) is 14.0. The third kappa shape index (κ3) is 9.20. The van der Waals surface area contributed by atoms with Crippen molar-refractivity contribution in [3.63, 3.8) is 0 Å². The van der Waals surface area contributed by atoms with Crippen LogP contribution in [0, 0.1) is 24.2 Å². The number of carbonyl (C=O) groups is 2. The predicted octanol–water partition coefficient (Wildman–Crippen LogP) is 6.62. The molecule has 0 N–H and O–H groups in total. The summed E-state index contributed by atoms with van der Waals surface area (Å²) in [6, 6.07) is 11.6. The van der Waals surface area contributed by atoms with Crippen molar-refractivity contribution in [2.24, 2.45) is 17.3 Å². The summed E-state index contributed by atoms with van der Waals surface area (Å²) in [6.45, 7) is 13.1. The SMILES string of the molecule is CCOC(=O)CC(c1ccnc(OCC2CCN(c3cc(OC)ncc3C(=O)N(CC(C)(C)C)c3cccc(C)n3)CC2)c1)C1CC1. The number of methoxy groups -OCH3 is 1. The van der Waals surface area contributed by atoms with Crippen LogP contribution in [0.15, 0.2) is 48.8 Å². The summed E-state index contributed by atoms with van der Waals surface area (Å²) in [4.78, 5) is 44.1. The van der Waals surface area contributed by atoms with Crippen LogP contribution >= 0.6 is 0 Å². The zero-order chi connectivity index (χ0) is 33.6. The highest BCUT2D eigenvalue weighted by Crippen LogP contribution is 2.45. The van der Waals surface area contributed by atoms with E-state index in [4.69, 9.17) is 14.2 Å². The number of hydrogen-bond donors (Lipinski definition) is 0. The third-order valence-electron chi connectivity index (χ3n) is 8.82. The van der Waals surface area contributed by atoms with Crippen LogP contribution in [0.3, 0.4) is 0 Å². The van der Waals surface area contributed by atoms with E-state index in [9.17, 15) is 9.59 Å². The summed E-state index contributed by atoms with van der Waals surface area (Å²) in [6.07, 6.45) is 7.86. The zero-order valence-electron chi connectivity index (χ0n) is 28.7. The van der Waals surface area contributed by atoms with Crippen LogP contribution in [0.1, 0.15) is 87.3 Å². The maximum absolute atomic E-state index is 14.3. The van der Waals surface area contributed by atoms with E-state index in [2.05, 4.69) is 40.6 Å². The van der Waals surface area contributed by atoms with Crippen molar-refractivity contribution >= 4 is 23.4 Å². The first-order valence-corrected chi connectivity index (χ1v) is 16.8. The van der Waals surface area contributed by atoms with Gasteiger partial charge in [-0.1, -0.05) is 26.8 Å². The minimum Gasteiger partial charge on any atom is -0.481 e. The van der Waals surface area contributed by atoms with Gasteiger partial charge in [-0.15, -0.1) is 0 Å². The zero-order valence-corrected chi connectivity index (χ0v) is 28.7. The lowest BCUT2D eigenvalue weighted by Crippen LogP contribution is -2.41. The van der Waals surface area contributed by atoms with Gasteiger partial charge in [-0.2, -0.15) is 0 Å². The molecule has 2 aliphatic rings. The molecule has 1 saturated carbocycles. The molecule has 2 fully saturated rings. The van der Waals surface area contributed by atoms with Crippen LogP contribution in [0.4, 0.5) is 11.5 Å². The molecule has 1 atom stereocenters. The second-order valence-corrected chi connectivity index (χ2v) is 14.0. The van der Waals surface area contributed by atoms with Gasteiger partial charge >= 0.3 is 5.97 Å². The Hall–Kier alpha value is -4.21. The summed E-state index contributed by atoms with van der Waals surface area (Å²) < 4.78 is 16.9. The van der Waals surface area contributed by atoms with Crippen molar-refractivity contribution in [3.05, 3.63) is 65.6 Å². The Morgan fingerprint density at radius 3 is 2.47 bits per heavy atom. The lowest BCUT2D eigenvalue weighted by molar-refractivity contribution is -0.143. The molecular formula is C37H49N5O5. The number of anilines is 2. The molecule has 10 heteroatoms. The molecule has 5 rings (SSSR count). The minimum atomic E-state index is -0.152. The van der Waals surface area contributed by atoms with Crippen LogP contribution < -0.4 is 19.3 Å². The lowest BCUT2D eigenvalue weighted by atomic mass is 9.92. The Labute approximate surface area is 278 Å². The molecule has 3 aromatic heterocycles. The highest BCUT2D eigenvalue weighted by Gasteiger charge is 2.35. The van der Waals surface area contributed by atoms with Gasteiger partial charge in [-0.05, 0) is 86.5 Å². The summed E-state index contributed by atoms with van der Waals surface area (Å²) in [5.74, 6) is 2.39. The van der Waals surface area contributed by atoms with E-state index in [0.29, 0.717) is 61.2 Å². The molecule has 1 aliphatic heterocycles. The Morgan fingerprint density at radius 1 is 1.04 bits per heavy atom. The molecule has 4 heterocycles. The van der Waals surface area contributed by atoms with E-state index in [1.807, 2.05) is 50.2 Å². The molecule has 1 aliphatic carbocycles. The molecule has 1 unspecified atom stereocenters. The average Bonchev–Trinajstić information content (AvgIpc) is 3.90. The van der Waals surface area contributed by atoms with E-state index in [1.54, 1.807) is 24.4 Å². The van der Waals surface area contributed by atoms with Crippen LogP contribution in [0.2, 0.25) is 0 Å². The molecule has 0 bridgehead atoms. The number of piperidine rings is 1. The van der Waals surface area contributed by atoms with Gasteiger partial charge in [0.05, 0.1) is 38.0 Å². The van der Waals surface area contributed by atoms with Crippen LogP contribution in [-0.4, -0.2) is 66.8 Å². The van der Waals surface area contributed by atoms with Crippen molar-refractivity contribution < 1.29 is 23.8 Å². The fourth-order valence-corrected chi connectivity index (χ4v) is 6.25. The van der Waals surface area contributed by atoms with E-state index in [-0.39, 0.29) is 23.2 Å². The largest absolute Gasteiger partial charge is 0.481 e. The number of rotatable bonds is 13. The minimum absolute atomic E-state index is 0.132. The standard InChI is InChI=1S/C37H49N5O5/c1-7-46-35(43)20-29(27-11-12-27)28-13-16-38-34(19-28)47-23-26-14-17-41(18-15-26)31-21-33(45-6)39-22-30(31)36(44)42(24-37(3,4)5)32-10-8-9-25(2)40-32/h8-10,13,16,19,21-22,26-27,29H,7,11-12,14-15,17-18,20,23-24H2,1-6H3. The molecular weight excluding hydrogens is 594 g/mol. The number of aryl methyl sites for hydroxylation is 1. The molecule has 47 heavy (non-hydrogen) atoms. The normalized spacial score (nSPS) is 16.0. The van der Waals surface area contributed by atoms with Gasteiger partial charge in [0, 0.05) is 49.9 Å². The number of ether oxygens (including phenoxy) is 3. The number of carbonyl (C=O) groups excluding carboxylic acids is 2. The molecule has 252 valence electrons. The highest BCUT2D eigenvalue weighted by atomic mass is 16.5. The highest BCUT2D eigenvalue weighted by molar-refractivity contribution is 6.09. The number of hydrogen-bond acceptors (Lipinski definition) is 9. The molecule has 3 aromatic rings. The average molecular weight is 644 g/mol. The topological polar surface area (TPSA) is 107 Å². The van der Waals surface area contributed by atoms with E-state index in [0.717, 1.165) is 55.7 Å². The first-order chi connectivity index (χ1) is 22.5. The summed E-state index contributed by atoms with van der Waals surface area (Å²) in [7, 11) is 1.59. The van der Waals surface area contributed by atoms with Gasteiger partial charge in [-0.25, -0.2) is 15.0 Å². The first-order valence-electron chi connectivity index (χ1n) is 16.8. The Bertz CT molecular complexity index is 1530. The van der Waals surface area contributed by atoms with Crippen molar-refractivity contribution in [3.8, 4) is 11.8 Å². The predicted molar refractivity (Wildman–Crippen MR) is 182 cm³/mol. The Balaban J connectivity index is 1.26. The van der Waals surface area contributed by atoms with Gasteiger partial charge in [0.15, 0.2) is 0 Å². The van der Waals surface area contributed by atoms with E-state index < -0.39 is 0 Å². The third-order valence-corrected chi connectivity index (χ3v) is 8.82. The number of pyridine rings is 3. The molecule has 0 radical (unpaired) electrons. The van der Waals surface area contributed by atoms with Crippen LogP contribution in [0.5, 0.6) is 11.8 Å². The van der Waals surface area contributed by atoms with E-state index >= 15 is 0 Å². The molecule has 1 saturated heterocycles. The van der Waals surface area contributed by atoms with Crippen molar-refractivity contribution in [1.29, 1.82) is 0 Å². The maximum atomic E-state index is 14.3. The van der Waals surface area contributed by atoms with Gasteiger partial charge in [0.1, 0.15) is 5.82 Å². The first kappa shape index (κ1) is 34.1. The summed E-state index contributed by atoms with van der Waals surface area (Å²) in [5, 5.41) is 0. The summed E-state index contributed by atoms with van der Waals surface area (Å²) >= 11 is 0. The molecule has 0 aromatic carbocycles. The Kier molecular flexibility index (Phi) is 11.0. The molecule has 0 spiro atoms. The van der Waals surface area contributed by atoms with Crippen LogP contribution in [0.25, 0.3) is 0 Å². The van der Waals surface area contributed by atoms with Gasteiger partial charge < -0.3 is 19.1 Å². The van der Waals surface area contributed by atoms with Crippen molar-refractivity contribution in [1.82, 2.24) is 15.0 Å². The molecule has 1 amide bonds. The lowest BCUT2D eigenvalue weighted by Gasteiger charge is -2.35. The second kappa shape index (κ2) is 15.1. The quantitative estimate of drug-likeness (QED) is 0.190.